The molecule has 0 radical (unpaired) electrons. The molecule has 0 bridgehead atoms. The minimum Gasteiger partial charge on any atom is -0.433 e. The lowest BCUT2D eigenvalue weighted by Gasteiger charge is -2.12. The molecule has 2 amide bonds. The summed E-state index contributed by atoms with van der Waals surface area (Å²) in [7, 11) is -3.87. The highest BCUT2D eigenvalue weighted by Gasteiger charge is 2.11. The molecule has 0 atom stereocenters. The van der Waals surface area contributed by atoms with Crippen LogP contribution in [0.2, 0.25) is 10.0 Å². The lowest BCUT2D eigenvalue weighted by molar-refractivity contribution is 0.262. The number of halogens is 2. The number of urea groups is 1. The number of sulfonamides is 1. The van der Waals surface area contributed by atoms with E-state index in [4.69, 9.17) is 23.2 Å². The number of thiazole rings is 1. The van der Waals surface area contributed by atoms with E-state index in [9.17, 15) is 13.2 Å². The second kappa shape index (κ2) is 8.13. The zero-order chi connectivity index (χ0) is 19.4. The van der Waals surface area contributed by atoms with Gasteiger partial charge in [-0.3, -0.25) is 0 Å². The van der Waals surface area contributed by atoms with E-state index in [1.165, 1.54) is 36.5 Å². The van der Waals surface area contributed by atoms with Crippen LogP contribution in [0.15, 0.2) is 58.9 Å². The zero-order valence-electron chi connectivity index (χ0n) is 13.4. The van der Waals surface area contributed by atoms with E-state index < -0.39 is 16.1 Å². The number of hydrogen-bond donors (Lipinski definition) is 2. The highest BCUT2D eigenvalue weighted by molar-refractivity contribution is 7.94. The van der Waals surface area contributed by atoms with Crippen LogP contribution in [0.3, 0.4) is 0 Å². The molecule has 0 spiro atoms. The smallest absolute Gasteiger partial charge is 0.323 e. The Balaban J connectivity index is 1.64. The van der Waals surface area contributed by atoms with Crippen LogP contribution in [0.4, 0.5) is 21.3 Å². The van der Waals surface area contributed by atoms with E-state index in [1.807, 2.05) is 0 Å². The molecule has 1 heterocycles. The molecule has 0 unspecified atom stereocenters. The van der Waals surface area contributed by atoms with E-state index >= 15 is 0 Å². The number of anilines is 2. The van der Waals surface area contributed by atoms with E-state index in [2.05, 4.69) is 20.3 Å². The number of rotatable bonds is 5. The largest absolute Gasteiger partial charge is 0.433 e. The van der Waals surface area contributed by atoms with Gasteiger partial charge in [-0.1, -0.05) is 29.4 Å². The minimum atomic E-state index is -3.87. The van der Waals surface area contributed by atoms with Crippen molar-refractivity contribution in [1.82, 2.24) is 4.98 Å². The van der Waals surface area contributed by atoms with Crippen LogP contribution in [0.5, 0.6) is 0 Å². The monoisotopic (exact) mass is 441 g/mol. The number of benzene rings is 2. The van der Waals surface area contributed by atoms with Crippen LogP contribution in [0, 0.1) is 0 Å². The summed E-state index contributed by atoms with van der Waals surface area (Å²) in [4.78, 5) is 15.8. The number of amides is 2. The van der Waals surface area contributed by atoms with Crippen molar-refractivity contribution < 1.29 is 13.2 Å². The van der Waals surface area contributed by atoms with Gasteiger partial charge in [0, 0.05) is 16.5 Å². The summed E-state index contributed by atoms with van der Waals surface area (Å²) in [5.41, 5.74) is 0.865. The van der Waals surface area contributed by atoms with Gasteiger partial charge in [-0.05, 0) is 47.8 Å². The van der Waals surface area contributed by atoms with Crippen LogP contribution >= 0.6 is 34.5 Å². The summed E-state index contributed by atoms with van der Waals surface area (Å²) in [6.07, 6.45) is 1.47. The summed E-state index contributed by atoms with van der Waals surface area (Å²) in [6, 6.07) is 9.77. The lowest BCUT2D eigenvalue weighted by Crippen LogP contribution is -2.19. The Labute approximate surface area is 169 Å². The van der Waals surface area contributed by atoms with Crippen molar-refractivity contribution in [2.75, 3.05) is 10.6 Å². The average Bonchev–Trinajstić information content (AvgIpc) is 3.11. The van der Waals surface area contributed by atoms with Crippen molar-refractivity contribution >= 4 is 67.1 Å². The molecule has 2 aromatic carbocycles. The standard InChI is InChI=1S/C16H12Cl2N4O3S2/c17-13-6-3-11(9-14(13)18)21-15(23)20-10-1-4-12(5-2-10)27(24,25)22-16-19-7-8-26-16/h1-9H,(H3,19,20,21,22,23)/p-1. The number of hydrogen-bond acceptors (Lipinski definition) is 5. The molecule has 0 saturated heterocycles. The maximum atomic E-state index is 12.2. The van der Waals surface area contributed by atoms with Gasteiger partial charge in [0.1, 0.15) is 0 Å². The lowest BCUT2D eigenvalue weighted by atomic mass is 10.3. The highest BCUT2D eigenvalue weighted by Crippen LogP contribution is 2.29. The molecule has 140 valence electrons. The first-order valence-electron chi connectivity index (χ1n) is 7.34. The van der Waals surface area contributed by atoms with Crippen LogP contribution in [0.1, 0.15) is 0 Å². The number of carbonyl (C=O) groups excluding carboxylic acids is 1. The third-order valence-electron chi connectivity index (χ3n) is 3.21. The molecule has 0 aliphatic rings. The SMILES string of the molecule is O=C(Nc1ccc(S(=O)(=O)[N-]c2nccs2)cc1)Nc1ccc(Cl)c(Cl)c1. The maximum Gasteiger partial charge on any atom is 0.323 e. The molecular weight excluding hydrogens is 431 g/mol. The highest BCUT2D eigenvalue weighted by atomic mass is 35.5. The third-order valence-corrected chi connectivity index (χ3v) is 6.01. The van der Waals surface area contributed by atoms with Gasteiger partial charge in [-0.15, -0.1) is 0 Å². The Hall–Kier alpha value is -2.33. The van der Waals surface area contributed by atoms with E-state index in [1.54, 1.807) is 17.5 Å². The summed E-state index contributed by atoms with van der Waals surface area (Å²) >= 11 is 12.8. The van der Waals surface area contributed by atoms with Gasteiger partial charge in [0.05, 0.1) is 14.9 Å². The number of nitrogens with zero attached hydrogens (tertiary/aromatic N) is 2. The fraction of sp³-hybridized carbons (Fsp3) is 0. The second-order valence-corrected chi connectivity index (χ2v) is 8.40. The van der Waals surface area contributed by atoms with Gasteiger partial charge in [-0.2, -0.15) is 11.3 Å². The zero-order valence-corrected chi connectivity index (χ0v) is 16.5. The molecule has 0 saturated carbocycles. The Bertz CT molecular complexity index is 1060. The molecule has 2 N–H and O–H groups in total. The van der Waals surface area contributed by atoms with Crippen molar-refractivity contribution in [2.45, 2.75) is 4.90 Å². The van der Waals surface area contributed by atoms with Crippen molar-refractivity contribution in [3.8, 4) is 0 Å². The topological polar surface area (TPSA) is 102 Å². The average molecular weight is 442 g/mol. The van der Waals surface area contributed by atoms with Gasteiger partial charge in [0.25, 0.3) is 0 Å². The van der Waals surface area contributed by atoms with Gasteiger partial charge in [0.2, 0.25) is 10.0 Å². The molecular formula is C16H11Cl2N4O3S2-. The Kier molecular flexibility index (Phi) is 5.85. The van der Waals surface area contributed by atoms with Gasteiger partial charge < -0.3 is 20.3 Å². The summed E-state index contributed by atoms with van der Waals surface area (Å²) < 4.78 is 28.1. The first kappa shape index (κ1) is 19.4. The Morgan fingerprint density at radius 1 is 1.00 bits per heavy atom. The van der Waals surface area contributed by atoms with Crippen LogP contribution < -0.4 is 10.6 Å². The van der Waals surface area contributed by atoms with Crippen molar-refractivity contribution in [1.29, 1.82) is 0 Å². The molecule has 11 heteroatoms. The summed E-state index contributed by atoms with van der Waals surface area (Å²) in [6.45, 7) is 0. The summed E-state index contributed by atoms with van der Waals surface area (Å²) in [5, 5.41) is 7.66. The van der Waals surface area contributed by atoms with Gasteiger partial charge in [0.15, 0.2) is 0 Å². The molecule has 0 aliphatic carbocycles. The van der Waals surface area contributed by atoms with E-state index in [-0.39, 0.29) is 10.0 Å². The number of carbonyl (C=O) groups is 1. The quantitative estimate of drug-likeness (QED) is 0.546. The van der Waals surface area contributed by atoms with Crippen LogP contribution in [-0.4, -0.2) is 19.4 Å². The summed E-state index contributed by atoms with van der Waals surface area (Å²) in [5.74, 6) is 0. The molecule has 1 aromatic heterocycles. The predicted molar refractivity (Wildman–Crippen MR) is 108 cm³/mol. The maximum absolute atomic E-state index is 12.2. The fourth-order valence-electron chi connectivity index (χ4n) is 1.99. The Morgan fingerprint density at radius 2 is 1.67 bits per heavy atom. The van der Waals surface area contributed by atoms with Crippen molar-refractivity contribution in [3.05, 3.63) is 68.8 Å². The van der Waals surface area contributed by atoms with Crippen molar-refractivity contribution in [2.24, 2.45) is 0 Å². The van der Waals surface area contributed by atoms with Gasteiger partial charge >= 0.3 is 6.03 Å². The van der Waals surface area contributed by atoms with E-state index in [0.29, 0.717) is 21.4 Å². The molecule has 7 nitrogen and oxygen atoms in total. The fourth-order valence-corrected chi connectivity index (χ4v) is 3.96. The molecule has 0 fully saturated rings. The minimum absolute atomic E-state index is 0.00635. The first-order chi connectivity index (χ1) is 12.8. The van der Waals surface area contributed by atoms with Gasteiger partial charge in [-0.25, -0.2) is 13.2 Å². The molecule has 3 aromatic rings. The molecule has 27 heavy (non-hydrogen) atoms. The number of aromatic nitrogens is 1. The molecule has 0 aliphatic heterocycles. The van der Waals surface area contributed by atoms with Crippen LogP contribution in [0.25, 0.3) is 4.72 Å². The van der Waals surface area contributed by atoms with Crippen LogP contribution in [-0.2, 0) is 10.0 Å². The normalized spacial score (nSPS) is 11.0. The molecule has 3 rings (SSSR count). The predicted octanol–water partition coefficient (Wildman–Crippen LogP) is 5.49. The van der Waals surface area contributed by atoms with Crippen molar-refractivity contribution in [3.63, 3.8) is 0 Å². The first-order valence-corrected chi connectivity index (χ1v) is 10.4. The number of nitrogens with one attached hydrogen (secondary N) is 2. The third kappa shape index (κ3) is 5.10. The second-order valence-electron chi connectivity index (χ2n) is 5.11. The Morgan fingerprint density at radius 3 is 2.30 bits per heavy atom. The van der Waals surface area contributed by atoms with E-state index in [0.717, 1.165) is 11.3 Å².